The van der Waals surface area contributed by atoms with Gasteiger partial charge in [0.1, 0.15) is 6.61 Å². The first-order valence-corrected chi connectivity index (χ1v) is 13.5. The number of esters is 4. The fourth-order valence-corrected chi connectivity index (χ4v) is 2.86. The summed E-state index contributed by atoms with van der Waals surface area (Å²) < 4.78 is 25.5. The maximum Gasteiger partial charge on any atom is 0.407 e. The Bertz CT molecular complexity index is 748. The van der Waals surface area contributed by atoms with E-state index in [-0.39, 0.29) is 44.7 Å². The molecule has 0 spiro atoms. The van der Waals surface area contributed by atoms with E-state index in [0.29, 0.717) is 25.7 Å². The largest absolute Gasteiger partial charge is 0.463 e. The SMILES string of the molecule is CCC(CC)COC(=O)C(C)OC(=O)C(C)OC(=O)CCCCCOC(=O)NCCOC(=O)C(C)(C)CC. The Morgan fingerprint density at radius 3 is 2.00 bits per heavy atom. The molecule has 0 bridgehead atoms. The van der Waals surface area contributed by atoms with Crippen LogP contribution < -0.4 is 5.32 Å². The van der Waals surface area contributed by atoms with Crippen LogP contribution in [0.15, 0.2) is 0 Å². The predicted molar refractivity (Wildman–Crippen MR) is 139 cm³/mol. The van der Waals surface area contributed by atoms with Gasteiger partial charge in [-0.25, -0.2) is 14.4 Å². The third-order valence-electron chi connectivity index (χ3n) is 6.18. The molecule has 0 aromatic heterocycles. The number of rotatable bonds is 19. The van der Waals surface area contributed by atoms with Crippen LogP contribution in [0.25, 0.3) is 0 Å². The van der Waals surface area contributed by atoms with Crippen LogP contribution in [0.4, 0.5) is 4.79 Å². The lowest BCUT2D eigenvalue weighted by Crippen LogP contribution is -2.33. The topological polar surface area (TPSA) is 144 Å². The minimum absolute atomic E-state index is 0.0623. The lowest BCUT2D eigenvalue weighted by molar-refractivity contribution is -0.177. The summed E-state index contributed by atoms with van der Waals surface area (Å²) in [5.41, 5.74) is -0.561. The molecule has 0 fully saturated rings. The second-order valence-electron chi connectivity index (χ2n) is 9.77. The van der Waals surface area contributed by atoms with Crippen LogP contribution >= 0.6 is 0 Å². The maximum atomic E-state index is 12.1. The Morgan fingerprint density at radius 2 is 1.39 bits per heavy atom. The molecule has 0 aliphatic heterocycles. The molecule has 0 saturated carbocycles. The lowest BCUT2D eigenvalue weighted by atomic mass is 9.91. The van der Waals surface area contributed by atoms with E-state index >= 15 is 0 Å². The molecule has 11 heteroatoms. The Balaban J connectivity index is 3.97. The van der Waals surface area contributed by atoms with E-state index in [4.69, 9.17) is 23.7 Å². The first-order valence-electron chi connectivity index (χ1n) is 13.5. The molecule has 0 radical (unpaired) electrons. The van der Waals surface area contributed by atoms with Crippen molar-refractivity contribution >= 4 is 30.0 Å². The summed E-state index contributed by atoms with van der Waals surface area (Å²) in [5, 5.41) is 2.50. The van der Waals surface area contributed by atoms with Crippen molar-refractivity contribution in [3.63, 3.8) is 0 Å². The van der Waals surface area contributed by atoms with Crippen LogP contribution in [0.3, 0.4) is 0 Å². The van der Waals surface area contributed by atoms with Crippen molar-refractivity contribution in [3.05, 3.63) is 0 Å². The van der Waals surface area contributed by atoms with Gasteiger partial charge in [-0.15, -0.1) is 0 Å². The van der Waals surface area contributed by atoms with Gasteiger partial charge in [-0.3, -0.25) is 9.59 Å². The molecule has 1 N–H and O–H groups in total. The zero-order valence-electron chi connectivity index (χ0n) is 24.1. The van der Waals surface area contributed by atoms with Crippen LogP contribution in [0, 0.1) is 11.3 Å². The summed E-state index contributed by atoms with van der Waals surface area (Å²) >= 11 is 0. The average molecular weight is 546 g/mol. The molecule has 2 atom stereocenters. The van der Waals surface area contributed by atoms with Gasteiger partial charge in [-0.2, -0.15) is 0 Å². The van der Waals surface area contributed by atoms with Gasteiger partial charge in [0.25, 0.3) is 0 Å². The Hall–Kier alpha value is -2.85. The van der Waals surface area contributed by atoms with Crippen molar-refractivity contribution in [2.45, 2.75) is 106 Å². The highest BCUT2D eigenvalue weighted by molar-refractivity contribution is 5.82. The van der Waals surface area contributed by atoms with E-state index in [1.165, 1.54) is 13.8 Å². The van der Waals surface area contributed by atoms with Gasteiger partial charge < -0.3 is 29.0 Å². The van der Waals surface area contributed by atoms with Gasteiger partial charge in [0.2, 0.25) is 0 Å². The highest BCUT2D eigenvalue weighted by Crippen LogP contribution is 2.21. The summed E-state index contributed by atoms with van der Waals surface area (Å²) in [6.45, 7) is 12.9. The summed E-state index contributed by atoms with van der Waals surface area (Å²) in [7, 11) is 0. The summed E-state index contributed by atoms with van der Waals surface area (Å²) in [5.74, 6) is -2.10. The van der Waals surface area contributed by atoms with E-state index < -0.39 is 41.6 Å². The number of amides is 1. The molecule has 220 valence electrons. The number of carbonyl (C=O) groups excluding carboxylic acids is 5. The molecule has 0 heterocycles. The fraction of sp³-hybridized carbons (Fsp3) is 0.815. The number of ether oxygens (including phenoxy) is 5. The quantitative estimate of drug-likeness (QED) is 0.143. The van der Waals surface area contributed by atoms with Crippen LogP contribution in [-0.2, 0) is 42.9 Å². The van der Waals surface area contributed by atoms with E-state index in [9.17, 15) is 24.0 Å². The second-order valence-corrected chi connectivity index (χ2v) is 9.77. The molecule has 0 aliphatic carbocycles. The highest BCUT2D eigenvalue weighted by atomic mass is 16.6. The number of hydrogen-bond acceptors (Lipinski definition) is 10. The molecule has 0 rings (SSSR count). The van der Waals surface area contributed by atoms with Crippen molar-refractivity contribution in [1.29, 1.82) is 0 Å². The van der Waals surface area contributed by atoms with Crippen LogP contribution in [0.2, 0.25) is 0 Å². The maximum absolute atomic E-state index is 12.1. The zero-order chi connectivity index (χ0) is 29.1. The van der Waals surface area contributed by atoms with E-state index in [2.05, 4.69) is 5.32 Å². The minimum Gasteiger partial charge on any atom is -0.463 e. The van der Waals surface area contributed by atoms with E-state index in [1.54, 1.807) is 13.8 Å². The monoisotopic (exact) mass is 545 g/mol. The highest BCUT2D eigenvalue weighted by Gasteiger charge is 2.27. The third kappa shape index (κ3) is 15.4. The van der Waals surface area contributed by atoms with Gasteiger partial charge in [0, 0.05) is 6.42 Å². The molecule has 0 aromatic rings. The summed E-state index contributed by atoms with van der Waals surface area (Å²) in [6.07, 6.45) is 1.24. The number of alkyl carbamates (subject to hydrolysis) is 1. The van der Waals surface area contributed by atoms with Crippen LogP contribution in [0.5, 0.6) is 0 Å². The molecule has 2 unspecified atom stereocenters. The number of hydrogen-bond donors (Lipinski definition) is 1. The lowest BCUT2D eigenvalue weighted by Gasteiger charge is -2.20. The molecule has 38 heavy (non-hydrogen) atoms. The number of carbonyl (C=O) groups is 5. The third-order valence-corrected chi connectivity index (χ3v) is 6.18. The van der Waals surface area contributed by atoms with Gasteiger partial charge in [0.15, 0.2) is 12.2 Å². The minimum atomic E-state index is -1.16. The summed E-state index contributed by atoms with van der Waals surface area (Å²) in [6, 6.07) is 0. The van der Waals surface area contributed by atoms with E-state index in [0.717, 1.165) is 12.8 Å². The molecular weight excluding hydrogens is 498 g/mol. The van der Waals surface area contributed by atoms with Gasteiger partial charge >= 0.3 is 30.0 Å². The fourth-order valence-electron chi connectivity index (χ4n) is 2.86. The second kappa shape index (κ2) is 19.3. The van der Waals surface area contributed by atoms with Gasteiger partial charge in [-0.1, -0.05) is 33.6 Å². The summed E-state index contributed by atoms with van der Waals surface area (Å²) in [4.78, 5) is 59.6. The van der Waals surface area contributed by atoms with Crippen LogP contribution in [-0.4, -0.2) is 68.5 Å². The first-order chi connectivity index (χ1) is 17.9. The molecule has 11 nitrogen and oxygen atoms in total. The van der Waals surface area contributed by atoms with Gasteiger partial charge in [-0.05, 0) is 59.3 Å². The normalized spacial score (nSPS) is 12.7. The molecule has 1 amide bonds. The smallest absolute Gasteiger partial charge is 0.407 e. The van der Waals surface area contributed by atoms with Crippen molar-refractivity contribution in [1.82, 2.24) is 5.32 Å². The van der Waals surface area contributed by atoms with Crippen molar-refractivity contribution < 1.29 is 47.7 Å². The van der Waals surface area contributed by atoms with Crippen molar-refractivity contribution in [2.24, 2.45) is 11.3 Å². The first kappa shape index (κ1) is 35.2. The zero-order valence-corrected chi connectivity index (χ0v) is 24.1. The van der Waals surface area contributed by atoms with Gasteiger partial charge in [0.05, 0.1) is 25.2 Å². The standard InChI is InChI=1S/C27H47NO10/c1-8-21(9-2)18-36-23(30)19(4)38-24(31)20(5)37-22(29)14-12-11-13-16-35-26(33)28-15-17-34-25(32)27(6,7)10-3/h19-21H,8-18H2,1-7H3,(H,28,33). The Morgan fingerprint density at radius 1 is 0.763 bits per heavy atom. The number of nitrogens with one attached hydrogen (secondary N) is 1. The number of unbranched alkanes of at least 4 members (excludes halogenated alkanes) is 2. The average Bonchev–Trinajstić information content (AvgIpc) is 2.88. The molecular formula is C27H47NO10. The Kier molecular flexibility index (Phi) is 17.8. The van der Waals surface area contributed by atoms with Crippen LogP contribution in [0.1, 0.15) is 93.4 Å². The predicted octanol–water partition coefficient (Wildman–Crippen LogP) is 4.10. The molecule has 0 aromatic carbocycles. The van der Waals surface area contributed by atoms with Crippen molar-refractivity contribution in [3.8, 4) is 0 Å². The molecule has 0 saturated heterocycles. The Labute approximate surface area is 226 Å². The molecule has 0 aliphatic rings. The van der Waals surface area contributed by atoms with E-state index in [1.807, 2.05) is 20.8 Å². The van der Waals surface area contributed by atoms with Crippen molar-refractivity contribution in [2.75, 3.05) is 26.4 Å².